The number of nitriles is 1. The summed E-state index contributed by atoms with van der Waals surface area (Å²) in [5.41, 5.74) is -3.65. The predicted octanol–water partition coefficient (Wildman–Crippen LogP) is 3.49. The fourth-order valence-corrected chi connectivity index (χ4v) is 5.15. The van der Waals surface area contributed by atoms with Gasteiger partial charge in [-0.1, -0.05) is 0 Å². The molecule has 1 aromatic carbocycles. The van der Waals surface area contributed by atoms with Gasteiger partial charge in [0.25, 0.3) is 0 Å². The number of carbonyl (C=O) groups is 1. The molecule has 3 aliphatic rings. The molecule has 0 radical (unpaired) electrons. The van der Waals surface area contributed by atoms with Crippen LogP contribution in [0, 0.1) is 17.2 Å². The van der Waals surface area contributed by atoms with Crippen molar-refractivity contribution in [1.82, 2.24) is 9.47 Å². The van der Waals surface area contributed by atoms with E-state index < -0.39 is 40.3 Å². The molecule has 2 fully saturated rings. The minimum Gasteiger partial charge on any atom is -0.494 e. The summed E-state index contributed by atoms with van der Waals surface area (Å²) in [5.74, 6) is -0.921. The standard InChI is InChI=1S/C22H20F3N3O4/c1-20-9-27(17(29)11-3-4-11)10-21(2,32-20)16-15(20)18(30)28(19(16)31)13-6-5-12(8-26)14(7-13)22(23,24)25/h5-7,11,30-31H,3-4,9-10H2,1-2H3/t20-,21+. The molecule has 1 aromatic heterocycles. The number of fused-ring (bicyclic) bond motifs is 5. The van der Waals surface area contributed by atoms with Crippen molar-refractivity contribution in [2.75, 3.05) is 13.1 Å². The minimum atomic E-state index is -4.79. The number of alkyl halides is 3. The van der Waals surface area contributed by atoms with Crippen LogP contribution in [0.5, 0.6) is 11.8 Å². The highest BCUT2D eigenvalue weighted by Crippen LogP contribution is 2.59. The summed E-state index contributed by atoms with van der Waals surface area (Å²) in [6.07, 6.45) is -3.12. The molecule has 2 atom stereocenters. The number of aromatic hydroxyl groups is 2. The fourth-order valence-electron chi connectivity index (χ4n) is 5.15. The zero-order valence-corrected chi connectivity index (χ0v) is 17.3. The molecule has 32 heavy (non-hydrogen) atoms. The second-order valence-electron chi connectivity index (χ2n) is 9.10. The highest BCUT2D eigenvalue weighted by Gasteiger charge is 2.60. The monoisotopic (exact) mass is 447 g/mol. The summed E-state index contributed by atoms with van der Waals surface area (Å²) >= 11 is 0. The van der Waals surface area contributed by atoms with Crippen molar-refractivity contribution < 1.29 is 32.9 Å². The van der Waals surface area contributed by atoms with E-state index in [-0.39, 0.29) is 41.7 Å². The van der Waals surface area contributed by atoms with Crippen LogP contribution in [-0.2, 0) is 26.9 Å². The number of hydrogen-bond donors (Lipinski definition) is 2. The van der Waals surface area contributed by atoms with Crippen LogP contribution < -0.4 is 0 Å². The highest BCUT2D eigenvalue weighted by atomic mass is 19.4. The molecule has 1 saturated carbocycles. The van der Waals surface area contributed by atoms with E-state index in [1.165, 1.54) is 12.1 Å². The lowest BCUT2D eigenvalue weighted by molar-refractivity contribution is -0.193. The van der Waals surface area contributed by atoms with Crippen LogP contribution in [0.2, 0.25) is 0 Å². The molecule has 2 bridgehead atoms. The lowest BCUT2D eigenvalue weighted by Gasteiger charge is -2.44. The molecule has 7 nitrogen and oxygen atoms in total. The second kappa shape index (κ2) is 6.19. The number of rotatable bonds is 2. The second-order valence-corrected chi connectivity index (χ2v) is 9.10. The number of hydrogen-bond acceptors (Lipinski definition) is 5. The molecular weight excluding hydrogens is 427 g/mol. The Hall–Kier alpha value is -3.19. The van der Waals surface area contributed by atoms with Crippen molar-refractivity contribution in [3.8, 4) is 23.5 Å². The number of ether oxygens (including phenoxy) is 1. The molecule has 2 N–H and O–H groups in total. The number of benzene rings is 1. The smallest absolute Gasteiger partial charge is 0.417 e. The average molecular weight is 447 g/mol. The van der Waals surface area contributed by atoms with E-state index in [2.05, 4.69) is 0 Å². The Bertz CT molecular complexity index is 1170. The summed E-state index contributed by atoms with van der Waals surface area (Å²) in [6.45, 7) is 3.69. The maximum absolute atomic E-state index is 13.5. The van der Waals surface area contributed by atoms with Crippen molar-refractivity contribution in [1.29, 1.82) is 5.26 Å². The van der Waals surface area contributed by atoms with Gasteiger partial charge in [0.05, 0.1) is 47.1 Å². The molecule has 1 aliphatic carbocycles. The predicted molar refractivity (Wildman–Crippen MR) is 104 cm³/mol. The van der Waals surface area contributed by atoms with Gasteiger partial charge in [0, 0.05) is 5.92 Å². The van der Waals surface area contributed by atoms with Crippen molar-refractivity contribution in [3.05, 3.63) is 40.5 Å². The van der Waals surface area contributed by atoms with Gasteiger partial charge in [0.1, 0.15) is 11.2 Å². The first kappa shape index (κ1) is 20.7. The normalized spacial score (nSPS) is 26.7. The van der Waals surface area contributed by atoms with Gasteiger partial charge in [-0.2, -0.15) is 18.4 Å². The van der Waals surface area contributed by atoms with E-state index in [9.17, 15) is 28.2 Å². The van der Waals surface area contributed by atoms with E-state index in [4.69, 9.17) is 10.00 Å². The quantitative estimate of drug-likeness (QED) is 0.735. The SMILES string of the molecule is C[C@]12CN(C(=O)C3CC3)C[C@](C)(O1)c1c2c(O)n(-c2ccc(C#N)c(C(F)(F)F)c2)c1O. The summed E-state index contributed by atoms with van der Waals surface area (Å²) in [5, 5.41) is 31.1. The van der Waals surface area contributed by atoms with Crippen LogP contribution in [0.4, 0.5) is 13.2 Å². The van der Waals surface area contributed by atoms with Crippen molar-refractivity contribution in [2.24, 2.45) is 5.92 Å². The average Bonchev–Trinajstić information content (AvgIpc) is 3.48. The van der Waals surface area contributed by atoms with E-state index in [1.54, 1.807) is 18.7 Å². The van der Waals surface area contributed by atoms with Crippen LogP contribution in [0.25, 0.3) is 5.69 Å². The Balaban J connectivity index is 1.65. The first-order valence-corrected chi connectivity index (χ1v) is 10.2. The molecule has 0 unspecified atom stereocenters. The number of nitrogens with zero attached hydrogens (tertiary/aromatic N) is 3. The van der Waals surface area contributed by atoms with E-state index >= 15 is 0 Å². The van der Waals surface area contributed by atoms with Gasteiger partial charge < -0.3 is 19.8 Å². The van der Waals surface area contributed by atoms with Crippen LogP contribution in [-0.4, -0.2) is 38.7 Å². The Morgan fingerprint density at radius 3 is 2.19 bits per heavy atom. The molecule has 3 heterocycles. The van der Waals surface area contributed by atoms with Crippen molar-refractivity contribution in [2.45, 2.75) is 44.1 Å². The lowest BCUT2D eigenvalue weighted by atomic mass is 9.94. The van der Waals surface area contributed by atoms with E-state index in [0.717, 1.165) is 29.5 Å². The maximum atomic E-state index is 13.5. The topological polar surface area (TPSA) is 98.7 Å². The van der Waals surface area contributed by atoms with Gasteiger partial charge in [-0.05, 0) is 44.9 Å². The first-order chi connectivity index (χ1) is 14.9. The van der Waals surface area contributed by atoms with Crippen LogP contribution in [0.15, 0.2) is 18.2 Å². The molecule has 2 aromatic rings. The first-order valence-electron chi connectivity index (χ1n) is 10.2. The molecule has 168 valence electrons. The van der Waals surface area contributed by atoms with Crippen molar-refractivity contribution in [3.63, 3.8) is 0 Å². The highest BCUT2D eigenvalue weighted by molar-refractivity contribution is 5.82. The number of halogens is 3. The lowest BCUT2D eigenvalue weighted by Crippen LogP contribution is -2.54. The molecule has 1 saturated heterocycles. The van der Waals surface area contributed by atoms with Crippen LogP contribution >= 0.6 is 0 Å². The third kappa shape index (κ3) is 2.73. The number of aromatic nitrogens is 1. The molecule has 10 heteroatoms. The van der Waals surface area contributed by atoms with Crippen LogP contribution in [0.1, 0.15) is 48.9 Å². The van der Waals surface area contributed by atoms with Gasteiger partial charge in [-0.25, -0.2) is 0 Å². The number of morpholine rings is 1. The third-order valence-electron chi connectivity index (χ3n) is 6.54. The van der Waals surface area contributed by atoms with Crippen LogP contribution in [0.3, 0.4) is 0 Å². The molecular formula is C22H20F3N3O4. The zero-order valence-electron chi connectivity index (χ0n) is 17.3. The maximum Gasteiger partial charge on any atom is 0.417 e. The summed E-state index contributed by atoms with van der Waals surface area (Å²) in [4.78, 5) is 14.4. The molecule has 0 spiro atoms. The summed E-state index contributed by atoms with van der Waals surface area (Å²) < 4.78 is 47.5. The largest absolute Gasteiger partial charge is 0.494 e. The Morgan fingerprint density at radius 2 is 1.72 bits per heavy atom. The fraction of sp³-hybridized carbons (Fsp3) is 0.455. The van der Waals surface area contributed by atoms with E-state index in [1.807, 2.05) is 0 Å². The van der Waals surface area contributed by atoms with Gasteiger partial charge in [0.2, 0.25) is 17.7 Å². The molecule has 5 rings (SSSR count). The van der Waals surface area contributed by atoms with Crippen molar-refractivity contribution >= 4 is 5.91 Å². The van der Waals surface area contributed by atoms with E-state index in [0.29, 0.717) is 0 Å². The molecule has 2 aliphatic heterocycles. The van der Waals surface area contributed by atoms with Gasteiger partial charge in [-0.3, -0.25) is 9.36 Å². The van der Waals surface area contributed by atoms with Gasteiger partial charge in [-0.15, -0.1) is 0 Å². The number of carbonyl (C=O) groups excluding carboxylic acids is 1. The minimum absolute atomic E-state index is 0.00432. The number of amides is 1. The third-order valence-corrected chi connectivity index (χ3v) is 6.54. The summed E-state index contributed by atoms with van der Waals surface area (Å²) in [6, 6.07) is 4.46. The Labute approximate surface area is 181 Å². The Kier molecular flexibility index (Phi) is 4.01. The Morgan fingerprint density at radius 1 is 1.16 bits per heavy atom. The van der Waals surface area contributed by atoms with Gasteiger partial charge in [0.15, 0.2) is 0 Å². The summed E-state index contributed by atoms with van der Waals surface area (Å²) in [7, 11) is 0. The zero-order chi connectivity index (χ0) is 23.2. The van der Waals surface area contributed by atoms with Gasteiger partial charge >= 0.3 is 6.18 Å². The molecule has 1 amide bonds.